The van der Waals surface area contributed by atoms with Gasteiger partial charge in [0.25, 0.3) is 0 Å². The average Bonchev–Trinajstić information content (AvgIpc) is 3.01. The number of methoxy groups -OCH3 is 1. The van der Waals surface area contributed by atoms with Gasteiger partial charge in [-0.3, -0.25) is 0 Å². The van der Waals surface area contributed by atoms with E-state index in [-0.39, 0.29) is 0 Å². The molecule has 2 amide bonds. The van der Waals surface area contributed by atoms with Gasteiger partial charge in [0.1, 0.15) is 6.04 Å². The third-order valence-corrected chi connectivity index (χ3v) is 3.77. The van der Waals surface area contributed by atoms with Crippen LogP contribution in [0, 0.1) is 0 Å². The van der Waals surface area contributed by atoms with Gasteiger partial charge in [0.2, 0.25) is 0 Å². The molecule has 0 aliphatic carbocycles. The summed E-state index contributed by atoms with van der Waals surface area (Å²) in [6.45, 7) is 2.59. The van der Waals surface area contributed by atoms with Crippen LogP contribution < -0.4 is 10.6 Å². The number of ether oxygens (including phenoxy) is 1. The number of urea groups is 1. The molecule has 0 unspecified atom stereocenters. The van der Waals surface area contributed by atoms with Gasteiger partial charge in [0.15, 0.2) is 0 Å². The molecule has 0 bridgehead atoms. The first-order valence-electron chi connectivity index (χ1n) is 7.50. The molecule has 0 saturated heterocycles. The first-order chi connectivity index (χ1) is 11.5. The molecule has 1 heterocycles. The topological polar surface area (TPSA) is 72.4 Å². The fraction of sp³-hybridized carbons (Fsp3) is 0.294. The largest absolute Gasteiger partial charge is 0.467 e. The molecule has 0 saturated carbocycles. The summed E-state index contributed by atoms with van der Waals surface area (Å²) in [4.78, 5) is 23.1. The summed E-state index contributed by atoms with van der Waals surface area (Å²) < 4.78 is 6.60. The number of nitrogens with zero attached hydrogens (tertiary/aromatic N) is 1. The maximum absolute atomic E-state index is 11.8. The molecule has 24 heavy (non-hydrogen) atoms. The molecule has 0 aliphatic heterocycles. The van der Waals surface area contributed by atoms with Crippen LogP contribution in [-0.2, 0) is 22.6 Å². The molecule has 0 spiro atoms. The van der Waals surface area contributed by atoms with Crippen molar-refractivity contribution < 1.29 is 14.3 Å². The van der Waals surface area contributed by atoms with E-state index in [4.69, 9.17) is 11.6 Å². The molecular weight excluding hydrogens is 330 g/mol. The van der Waals surface area contributed by atoms with E-state index in [1.165, 1.54) is 7.11 Å². The summed E-state index contributed by atoms with van der Waals surface area (Å²) in [5.41, 5.74) is 2.06. The van der Waals surface area contributed by atoms with Crippen LogP contribution in [0.5, 0.6) is 0 Å². The summed E-state index contributed by atoms with van der Waals surface area (Å²) in [5, 5.41) is 5.95. The molecule has 6 nitrogen and oxygen atoms in total. The smallest absolute Gasteiger partial charge is 0.328 e. The van der Waals surface area contributed by atoms with Crippen LogP contribution in [0.3, 0.4) is 0 Å². The Bertz CT molecular complexity index is 697. The highest BCUT2D eigenvalue weighted by Crippen LogP contribution is 2.12. The molecule has 128 valence electrons. The van der Waals surface area contributed by atoms with Crippen LogP contribution in [0.2, 0.25) is 5.02 Å². The summed E-state index contributed by atoms with van der Waals surface area (Å²) in [7, 11) is 1.28. The highest BCUT2D eigenvalue weighted by Gasteiger charge is 2.15. The number of hydrogen-bond donors (Lipinski definition) is 2. The number of esters is 1. The maximum atomic E-state index is 11.8. The van der Waals surface area contributed by atoms with Crippen LogP contribution in [0.25, 0.3) is 0 Å². The van der Waals surface area contributed by atoms with Crippen molar-refractivity contribution in [3.63, 3.8) is 0 Å². The molecule has 1 atom stereocenters. The minimum Gasteiger partial charge on any atom is -0.467 e. The number of carbonyl (C=O) groups is 2. The van der Waals surface area contributed by atoms with Crippen molar-refractivity contribution in [1.82, 2.24) is 15.2 Å². The Balaban J connectivity index is 1.90. The van der Waals surface area contributed by atoms with Crippen LogP contribution >= 0.6 is 11.6 Å². The van der Waals surface area contributed by atoms with Crippen molar-refractivity contribution >= 4 is 23.6 Å². The lowest BCUT2D eigenvalue weighted by molar-refractivity contribution is -0.142. The van der Waals surface area contributed by atoms with Crippen LogP contribution in [0.15, 0.2) is 42.6 Å². The minimum atomic E-state index is -0.698. The number of aromatic nitrogens is 1. The van der Waals surface area contributed by atoms with E-state index in [0.717, 1.165) is 11.3 Å². The van der Waals surface area contributed by atoms with E-state index in [1.54, 1.807) is 6.92 Å². The Kier molecular flexibility index (Phi) is 6.26. The van der Waals surface area contributed by atoms with Crippen LogP contribution in [-0.4, -0.2) is 29.7 Å². The molecular formula is C17H20ClN3O3. The van der Waals surface area contributed by atoms with E-state index >= 15 is 0 Å². The van der Waals surface area contributed by atoms with E-state index < -0.39 is 18.0 Å². The first kappa shape index (κ1) is 17.9. The first-order valence-corrected chi connectivity index (χ1v) is 7.88. The minimum absolute atomic E-state index is 0.348. The quantitative estimate of drug-likeness (QED) is 0.787. The molecule has 0 fully saturated rings. The summed E-state index contributed by atoms with van der Waals surface area (Å²) in [6, 6.07) is 10.3. The van der Waals surface area contributed by atoms with Crippen molar-refractivity contribution in [2.75, 3.05) is 7.11 Å². The zero-order valence-electron chi connectivity index (χ0n) is 13.6. The second kappa shape index (κ2) is 8.40. The Morgan fingerprint density at radius 1 is 1.25 bits per heavy atom. The zero-order valence-corrected chi connectivity index (χ0v) is 14.3. The Labute approximate surface area is 145 Å². The standard InChI is InChI=1S/C17H20ClN3O3/c1-12(16(22)24-2)20-17(23)19-10-15-4-3-9-21(15)11-13-5-7-14(18)8-6-13/h3-9,12H,10-11H2,1-2H3,(H2,19,20,23)/t12-/m1/s1. The van der Waals surface area contributed by atoms with Gasteiger partial charge >= 0.3 is 12.0 Å². The Morgan fingerprint density at radius 2 is 1.96 bits per heavy atom. The molecule has 2 N–H and O–H groups in total. The van der Waals surface area contributed by atoms with Gasteiger partial charge in [-0.2, -0.15) is 0 Å². The lowest BCUT2D eigenvalue weighted by Crippen LogP contribution is -2.44. The number of halogens is 1. The van der Waals surface area contributed by atoms with Crippen molar-refractivity contribution in [2.24, 2.45) is 0 Å². The Hall–Kier alpha value is -2.47. The molecule has 1 aromatic heterocycles. The van der Waals surface area contributed by atoms with Crippen molar-refractivity contribution in [2.45, 2.75) is 26.1 Å². The van der Waals surface area contributed by atoms with Gasteiger partial charge in [-0.1, -0.05) is 23.7 Å². The van der Waals surface area contributed by atoms with Crippen molar-refractivity contribution in [3.05, 3.63) is 58.9 Å². The fourth-order valence-corrected chi connectivity index (χ4v) is 2.33. The average molecular weight is 350 g/mol. The molecule has 0 aliphatic rings. The number of benzene rings is 1. The van der Waals surface area contributed by atoms with E-state index in [1.807, 2.05) is 47.2 Å². The normalized spacial score (nSPS) is 11.6. The summed E-state index contributed by atoms with van der Waals surface area (Å²) in [6.07, 6.45) is 1.95. The van der Waals surface area contributed by atoms with E-state index in [0.29, 0.717) is 18.1 Å². The number of carbonyl (C=O) groups excluding carboxylic acids is 2. The highest BCUT2D eigenvalue weighted by molar-refractivity contribution is 6.30. The number of hydrogen-bond acceptors (Lipinski definition) is 3. The zero-order chi connectivity index (χ0) is 17.5. The second-order valence-corrected chi connectivity index (χ2v) is 5.76. The number of amides is 2. The molecule has 2 aromatic rings. The maximum Gasteiger partial charge on any atom is 0.328 e. The molecule has 7 heteroatoms. The van der Waals surface area contributed by atoms with E-state index in [9.17, 15) is 9.59 Å². The van der Waals surface area contributed by atoms with Gasteiger partial charge in [-0.15, -0.1) is 0 Å². The van der Waals surface area contributed by atoms with Gasteiger partial charge in [0.05, 0.1) is 13.7 Å². The third-order valence-electron chi connectivity index (χ3n) is 3.52. The Morgan fingerprint density at radius 3 is 2.62 bits per heavy atom. The van der Waals surface area contributed by atoms with Gasteiger partial charge in [0, 0.05) is 23.5 Å². The van der Waals surface area contributed by atoms with Gasteiger partial charge in [-0.05, 0) is 36.8 Å². The lowest BCUT2D eigenvalue weighted by Gasteiger charge is -2.14. The molecule has 2 rings (SSSR count). The molecule has 1 aromatic carbocycles. The number of rotatable bonds is 6. The predicted molar refractivity (Wildman–Crippen MR) is 91.8 cm³/mol. The third kappa shape index (κ3) is 5.03. The lowest BCUT2D eigenvalue weighted by atomic mass is 10.2. The summed E-state index contributed by atoms with van der Waals surface area (Å²) >= 11 is 5.89. The second-order valence-electron chi connectivity index (χ2n) is 5.33. The van der Waals surface area contributed by atoms with Crippen LogP contribution in [0.1, 0.15) is 18.2 Å². The fourth-order valence-electron chi connectivity index (χ4n) is 2.20. The van der Waals surface area contributed by atoms with E-state index in [2.05, 4.69) is 15.4 Å². The van der Waals surface area contributed by atoms with Crippen molar-refractivity contribution in [1.29, 1.82) is 0 Å². The highest BCUT2D eigenvalue weighted by atomic mass is 35.5. The number of nitrogens with one attached hydrogen (secondary N) is 2. The predicted octanol–water partition coefficient (Wildman–Crippen LogP) is 2.55. The van der Waals surface area contributed by atoms with Crippen LogP contribution in [0.4, 0.5) is 4.79 Å². The SMILES string of the molecule is COC(=O)[C@@H](C)NC(=O)NCc1cccn1Cc1ccc(Cl)cc1. The summed E-state index contributed by atoms with van der Waals surface area (Å²) in [5.74, 6) is -0.490. The van der Waals surface area contributed by atoms with Crippen molar-refractivity contribution in [3.8, 4) is 0 Å². The monoisotopic (exact) mass is 349 g/mol. The molecule has 0 radical (unpaired) electrons. The van der Waals surface area contributed by atoms with Gasteiger partial charge < -0.3 is 19.9 Å². The van der Waals surface area contributed by atoms with Gasteiger partial charge in [-0.25, -0.2) is 9.59 Å².